The number of benzene rings is 2. The average molecular weight is 500 g/mol. The Kier molecular flexibility index (Phi) is 10.3. The standard InChI is InChI=1S/C15H10ClF3N2O3.C2H8NO2PS/c16-12-4-2-1-3-11(12)13(22)21-14(23)20-9-5-7-10(8-6-9)24-15(17,18)19;1-5-6(3,4)7-2/h1-8H,(H2,20,21,22,23);1-2H3,(H2,3,4). The smallest absolute Gasteiger partial charge is 0.406 e. The number of hydrogen-bond acceptors (Lipinski definition) is 6. The summed E-state index contributed by atoms with van der Waals surface area (Å²) in [5.74, 6) is -1.14. The first-order valence-electron chi connectivity index (χ1n) is 8.09. The van der Waals surface area contributed by atoms with Crippen molar-refractivity contribution in [2.45, 2.75) is 6.36 Å². The van der Waals surface area contributed by atoms with Gasteiger partial charge in [-0.25, -0.2) is 4.79 Å². The van der Waals surface area contributed by atoms with E-state index in [1.54, 1.807) is 18.4 Å². The van der Waals surface area contributed by atoms with E-state index < -0.39 is 30.8 Å². The molecular formula is C17H18ClF3N3O5PS. The van der Waals surface area contributed by atoms with Crippen LogP contribution in [-0.4, -0.2) is 31.7 Å². The van der Waals surface area contributed by atoms with Gasteiger partial charge in [0.2, 0.25) is 0 Å². The molecule has 0 saturated carbocycles. The number of halogens is 4. The fourth-order valence-corrected chi connectivity index (χ4v) is 2.61. The summed E-state index contributed by atoms with van der Waals surface area (Å²) in [5.41, 5.74) is 5.30. The third-order valence-electron chi connectivity index (χ3n) is 3.20. The van der Waals surface area contributed by atoms with Gasteiger partial charge in [0, 0.05) is 12.8 Å². The van der Waals surface area contributed by atoms with Crippen molar-refractivity contribution in [2.75, 3.05) is 18.7 Å². The fourth-order valence-electron chi connectivity index (χ4n) is 1.79. The van der Waals surface area contributed by atoms with Gasteiger partial charge in [-0.15, -0.1) is 13.2 Å². The number of carbonyl (C=O) groups excluding carboxylic acids is 2. The minimum absolute atomic E-state index is 0.114. The van der Waals surface area contributed by atoms with E-state index in [1.807, 2.05) is 0 Å². The molecule has 0 aliphatic carbocycles. The van der Waals surface area contributed by atoms with E-state index in [1.165, 1.54) is 31.4 Å². The van der Waals surface area contributed by atoms with E-state index in [0.717, 1.165) is 23.5 Å². The Hall–Kier alpha value is -2.24. The summed E-state index contributed by atoms with van der Waals surface area (Å²) in [5, 5.41) is 4.53. The SMILES string of the molecule is COP(N)(=O)SC.O=C(NC(=O)c1ccccc1Cl)Nc1ccc(OC(F)(F)F)cc1. The van der Waals surface area contributed by atoms with Crippen LogP contribution >= 0.6 is 29.7 Å². The summed E-state index contributed by atoms with van der Waals surface area (Å²) >= 11 is 6.87. The third-order valence-corrected chi connectivity index (χ3v) is 6.52. The number of rotatable bonds is 5. The lowest BCUT2D eigenvalue weighted by Gasteiger charge is -2.10. The maximum atomic E-state index is 12.0. The van der Waals surface area contributed by atoms with Gasteiger partial charge in [-0.2, -0.15) is 0 Å². The average Bonchev–Trinajstić information content (AvgIpc) is 2.69. The molecule has 2 rings (SSSR count). The van der Waals surface area contributed by atoms with Gasteiger partial charge in [0.15, 0.2) is 0 Å². The zero-order valence-corrected chi connectivity index (χ0v) is 18.6. The van der Waals surface area contributed by atoms with Crippen LogP contribution in [0.25, 0.3) is 0 Å². The van der Waals surface area contributed by atoms with Crippen molar-refractivity contribution in [3.63, 3.8) is 0 Å². The summed E-state index contributed by atoms with van der Waals surface area (Å²) < 4.78 is 54.7. The van der Waals surface area contributed by atoms with Crippen molar-refractivity contribution < 1.29 is 36.6 Å². The molecule has 0 aliphatic heterocycles. The number of anilines is 1. The van der Waals surface area contributed by atoms with Crippen LogP contribution in [0.5, 0.6) is 5.75 Å². The Balaban J connectivity index is 0.000000592. The predicted molar refractivity (Wildman–Crippen MR) is 113 cm³/mol. The number of imide groups is 1. The van der Waals surface area contributed by atoms with E-state index in [9.17, 15) is 27.3 Å². The van der Waals surface area contributed by atoms with Gasteiger partial charge < -0.3 is 14.6 Å². The number of alkyl halides is 3. The van der Waals surface area contributed by atoms with Crippen LogP contribution in [0.3, 0.4) is 0 Å². The Morgan fingerprint density at radius 3 is 2.16 bits per heavy atom. The summed E-state index contributed by atoms with van der Waals surface area (Å²) in [6.07, 6.45) is -3.15. The molecule has 4 N–H and O–H groups in total. The van der Waals surface area contributed by atoms with E-state index in [-0.39, 0.29) is 16.3 Å². The molecule has 170 valence electrons. The molecule has 8 nitrogen and oxygen atoms in total. The van der Waals surface area contributed by atoms with Crippen LogP contribution in [0.2, 0.25) is 5.02 Å². The number of nitrogens with one attached hydrogen (secondary N) is 2. The van der Waals surface area contributed by atoms with Crippen molar-refractivity contribution >= 4 is 47.3 Å². The summed E-state index contributed by atoms with van der Waals surface area (Å²) in [4.78, 5) is 23.6. The highest BCUT2D eigenvalue weighted by Crippen LogP contribution is 2.48. The highest BCUT2D eigenvalue weighted by atomic mass is 35.5. The Bertz CT molecular complexity index is 939. The molecule has 0 radical (unpaired) electrons. The quantitative estimate of drug-likeness (QED) is 0.480. The molecule has 0 saturated heterocycles. The molecule has 0 aromatic heterocycles. The third kappa shape index (κ3) is 10.6. The summed E-state index contributed by atoms with van der Waals surface area (Å²) in [7, 11) is 1.33. The van der Waals surface area contributed by atoms with Crippen molar-refractivity contribution in [2.24, 2.45) is 5.50 Å². The van der Waals surface area contributed by atoms with Gasteiger partial charge in [-0.1, -0.05) is 35.1 Å². The second kappa shape index (κ2) is 12.0. The van der Waals surface area contributed by atoms with Crippen LogP contribution in [0.4, 0.5) is 23.7 Å². The number of amides is 3. The number of urea groups is 1. The molecule has 0 aliphatic rings. The van der Waals surface area contributed by atoms with E-state index in [4.69, 9.17) is 17.1 Å². The van der Waals surface area contributed by atoms with Crippen LogP contribution in [0.1, 0.15) is 10.4 Å². The second-order valence-corrected chi connectivity index (χ2v) is 10.2. The van der Waals surface area contributed by atoms with Crippen LogP contribution in [0.15, 0.2) is 48.5 Å². The zero-order valence-electron chi connectivity index (χ0n) is 16.1. The Labute approximate surface area is 184 Å². The lowest BCUT2D eigenvalue weighted by molar-refractivity contribution is -0.274. The first kappa shape index (κ1) is 26.8. The molecule has 2 aromatic rings. The number of ether oxygens (including phenoxy) is 1. The van der Waals surface area contributed by atoms with Gasteiger partial charge in [-0.05, 0) is 42.7 Å². The van der Waals surface area contributed by atoms with Crippen molar-refractivity contribution in [1.29, 1.82) is 0 Å². The van der Waals surface area contributed by atoms with Crippen molar-refractivity contribution in [3.8, 4) is 5.75 Å². The Morgan fingerprint density at radius 1 is 1.13 bits per heavy atom. The van der Waals surface area contributed by atoms with Crippen molar-refractivity contribution in [3.05, 3.63) is 59.1 Å². The minimum Gasteiger partial charge on any atom is -0.406 e. The fraction of sp³-hybridized carbons (Fsp3) is 0.176. The van der Waals surface area contributed by atoms with Crippen LogP contribution in [0, 0.1) is 0 Å². The number of nitrogens with two attached hydrogens (primary N) is 1. The summed E-state index contributed by atoms with van der Waals surface area (Å²) in [6.45, 7) is -2.74. The molecular weight excluding hydrogens is 482 g/mol. The molecule has 1 unspecified atom stereocenters. The van der Waals surface area contributed by atoms with Crippen LogP contribution in [-0.2, 0) is 9.09 Å². The van der Waals surface area contributed by atoms with Crippen molar-refractivity contribution in [1.82, 2.24) is 5.32 Å². The number of carbonyl (C=O) groups is 2. The van der Waals surface area contributed by atoms with Gasteiger partial charge in [0.25, 0.3) is 5.91 Å². The normalized spacial score (nSPS) is 12.6. The first-order chi connectivity index (χ1) is 14.4. The first-order valence-corrected chi connectivity index (χ1v) is 12.0. The molecule has 0 bridgehead atoms. The number of hydrogen-bond donors (Lipinski definition) is 3. The maximum absolute atomic E-state index is 12.0. The highest BCUT2D eigenvalue weighted by molar-refractivity contribution is 8.55. The van der Waals surface area contributed by atoms with Crippen LogP contribution < -0.4 is 20.9 Å². The second-order valence-electron chi connectivity index (χ2n) is 5.37. The minimum atomic E-state index is -4.80. The lowest BCUT2D eigenvalue weighted by Crippen LogP contribution is -2.34. The van der Waals surface area contributed by atoms with E-state index in [0.29, 0.717) is 0 Å². The van der Waals surface area contributed by atoms with Gasteiger partial charge in [0.05, 0.1) is 10.6 Å². The van der Waals surface area contributed by atoms with E-state index >= 15 is 0 Å². The Morgan fingerprint density at radius 2 is 1.71 bits per heavy atom. The molecule has 0 fully saturated rings. The topological polar surface area (TPSA) is 120 Å². The highest BCUT2D eigenvalue weighted by Gasteiger charge is 2.31. The summed E-state index contributed by atoms with van der Waals surface area (Å²) in [6, 6.07) is 9.73. The van der Waals surface area contributed by atoms with E-state index in [2.05, 4.69) is 19.9 Å². The maximum Gasteiger partial charge on any atom is 0.573 e. The zero-order chi connectivity index (χ0) is 23.7. The molecule has 3 amide bonds. The largest absolute Gasteiger partial charge is 0.573 e. The molecule has 0 spiro atoms. The molecule has 31 heavy (non-hydrogen) atoms. The van der Waals surface area contributed by atoms with Gasteiger partial charge in [0.1, 0.15) is 5.75 Å². The molecule has 0 heterocycles. The predicted octanol–water partition coefficient (Wildman–Crippen LogP) is 5.26. The molecule has 2 aromatic carbocycles. The van der Waals surface area contributed by atoms with Gasteiger partial charge in [-0.3, -0.25) is 20.2 Å². The monoisotopic (exact) mass is 499 g/mol. The lowest BCUT2D eigenvalue weighted by atomic mass is 10.2. The molecule has 1 atom stereocenters. The van der Waals surface area contributed by atoms with Gasteiger partial charge >= 0.3 is 19.1 Å². The molecule has 14 heteroatoms.